The van der Waals surface area contributed by atoms with Gasteiger partial charge in [0.2, 0.25) is 5.91 Å². The molecule has 2 aromatic heterocycles. The summed E-state index contributed by atoms with van der Waals surface area (Å²) >= 11 is 0. The van der Waals surface area contributed by atoms with Crippen LogP contribution in [0.1, 0.15) is 25.5 Å². The summed E-state index contributed by atoms with van der Waals surface area (Å²) < 4.78 is 3.86. The smallest absolute Gasteiger partial charge is 0.241 e. The van der Waals surface area contributed by atoms with E-state index < -0.39 is 0 Å². The molecular formula is C15H21N5O. The normalized spacial score (nSPS) is 14.1. The highest BCUT2D eigenvalue weighted by molar-refractivity contribution is 5.76. The highest BCUT2D eigenvalue weighted by Gasteiger charge is 2.23. The molecule has 2 heterocycles. The number of rotatable bonds is 7. The van der Waals surface area contributed by atoms with Gasteiger partial charge in [-0.15, -0.1) is 0 Å². The predicted molar refractivity (Wildman–Crippen MR) is 80.8 cm³/mol. The summed E-state index contributed by atoms with van der Waals surface area (Å²) in [6, 6.07) is 4.54. The molecule has 0 unspecified atom stereocenters. The third kappa shape index (κ3) is 3.65. The molecule has 0 aliphatic heterocycles. The fourth-order valence-corrected chi connectivity index (χ4v) is 2.30. The Kier molecular flexibility index (Phi) is 3.94. The zero-order chi connectivity index (χ0) is 14.7. The van der Waals surface area contributed by atoms with Crippen LogP contribution in [-0.4, -0.2) is 26.3 Å². The summed E-state index contributed by atoms with van der Waals surface area (Å²) in [5.74, 6) is 0.0343. The molecule has 1 amide bonds. The molecule has 6 nitrogen and oxygen atoms in total. The van der Waals surface area contributed by atoms with Gasteiger partial charge in [-0.3, -0.25) is 9.48 Å². The molecule has 0 saturated heterocycles. The molecule has 1 aliphatic rings. The van der Waals surface area contributed by atoms with Crippen LogP contribution >= 0.6 is 0 Å². The number of amides is 1. The molecule has 1 fully saturated rings. The average molecular weight is 287 g/mol. The van der Waals surface area contributed by atoms with Crippen LogP contribution in [0.3, 0.4) is 0 Å². The molecule has 0 spiro atoms. The van der Waals surface area contributed by atoms with Crippen LogP contribution in [0.15, 0.2) is 30.7 Å². The van der Waals surface area contributed by atoms with Crippen LogP contribution in [0.25, 0.3) is 0 Å². The van der Waals surface area contributed by atoms with Crippen molar-refractivity contribution in [1.29, 1.82) is 0 Å². The van der Waals surface area contributed by atoms with E-state index >= 15 is 0 Å². The number of nitrogens with zero attached hydrogens (tertiary/aromatic N) is 3. The first kappa shape index (κ1) is 13.7. The molecule has 0 aromatic carbocycles. The van der Waals surface area contributed by atoms with E-state index in [4.69, 9.17) is 0 Å². The highest BCUT2D eigenvalue weighted by Crippen LogP contribution is 2.18. The van der Waals surface area contributed by atoms with Gasteiger partial charge in [-0.05, 0) is 31.9 Å². The zero-order valence-corrected chi connectivity index (χ0v) is 12.2. The minimum Gasteiger partial charge on any atom is -0.377 e. The van der Waals surface area contributed by atoms with E-state index in [1.54, 1.807) is 10.9 Å². The van der Waals surface area contributed by atoms with E-state index in [0.29, 0.717) is 6.04 Å². The number of carbonyl (C=O) groups is 1. The Morgan fingerprint density at radius 3 is 3.10 bits per heavy atom. The van der Waals surface area contributed by atoms with Crippen LogP contribution < -0.4 is 10.6 Å². The number of hydrogen-bond acceptors (Lipinski definition) is 3. The largest absolute Gasteiger partial charge is 0.377 e. The van der Waals surface area contributed by atoms with E-state index in [9.17, 15) is 4.79 Å². The molecule has 1 aliphatic carbocycles. The molecule has 0 bridgehead atoms. The molecule has 6 heteroatoms. The van der Waals surface area contributed by atoms with E-state index in [1.807, 2.05) is 12.3 Å². The van der Waals surface area contributed by atoms with Crippen molar-refractivity contribution in [3.63, 3.8) is 0 Å². The van der Waals surface area contributed by atoms with Gasteiger partial charge in [0.1, 0.15) is 6.54 Å². The highest BCUT2D eigenvalue weighted by atomic mass is 16.2. The van der Waals surface area contributed by atoms with Gasteiger partial charge in [0.15, 0.2) is 0 Å². The minimum absolute atomic E-state index is 0.0343. The second-order valence-corrected chi connectivity index (χ2v) is 5.41. The van der Waals surface area contributed by atoms with Crippen molar-refractivity contribution in [1.82, 2.24) is 19.7 Å². The van der Waals surface area contributed by atoms with E-state index in [2.05, 4.69) is 39.5 Å². The average Bonchev–Trinajstić information content (AvgIpc) is 3.00. The zero-order valence-electron chi connectivity index (χ0n) is 12.2. The summed E-state index contributed by atoms with van der Waals surface area (Å²) in [6.45, 7) is 4.12. The molecule has 0 radical (unpaired) electrons. The third-order valence-corrected chi connectivity index (χ3v) is 3.62. The summed E-state index contributed by atoms with van der Waals surface area (Å²) in [4.78, 5) is 11.7. The Bertz CT molecular complexity index is 611. The number of anilines is 1. The second kappa shape index (κ2) is 6.03. The lowest BCUT2D eigenvalue weighted by Gasteiger charge is -2.07. The quantitative estimate of drug-likeness (QED) is 0.813. The van der Waals surface area contributed by atoms with Gasteiger partial charge in [0.25, 0.3) is 0 Å². The van der Waals surface area contributed by atoms with Gasteiger partial charge in [0, 0.05) is 30.7 Å². The number of aromatic nitrogens is 3. The van der Waals surface area contributed by atoms with Gasteiger partial charge >= 0.3 is 0 Å². The fraction of sp³-hybridized carbons (Fsp3) is 0.467. The molecule has 2 aromatic rings. The standard InChI is InChI=1S/C15H21N5O/c1-2-19-7-3-4-14(19)9-16-13-8-17-20(10-13)11-15(21)18-12-5-6-12/h3-4,7-8,10,12,16H,2,5-6,9,11H2,1H3,(H,18,21). The van der Waals surface area contributed by atoms with E-state index in [0.717, 1.165) is 31.6 Å². The SMILES string of the molecule is CCn1cccc1CNc1cnn(CC(=O)NC2CC2)c1. The lowest BCUT2D eigenvalue weighted by atomic mass is 10.4. The Balaban J connectivity index is 1.51. The first-order chi connectivity index (χ1) is 10.2. The number of hydrogen-bond donors (Lipinski definition) is 2. The number of carbonyl (C=O) groups excluding carboxylic acids is 1. The van der Waals surface area contributed by atoms with Gasteiger partial charge in [-0.2, -0.15) is 5.10 Å². The van der Waals surface area contributed by atoms with Gasteiger partial charge < -0.3 is 15.2 Å². The summed E-state index contributed by atoms with van der Waals surface area (Å²) in [6.07, 6.45) is 7.90. The minimum atomic E-state index is 0.0343. The van der Waals surface area contributed by atoms with Crippen molar-refractivity contribution in [3.05, 3.63) is 36.4 Å². The maximum atomic E-state index is 11.7. The monoisotopic (exact) mass is 287 g/mol. The van der Waals surface area contributed by atoms with Crippen LogP contribution in [0.2, 0.25) is 0 Å². The van der Waals surface area contributed by atoms with E-state index in [-0.39, 0.29) is 12.5 Å². The van der Waals surface area contributed by atoms with Crippen LogP contribution in [-0.2, 0) is 24.4 Å². The Morgan fingerprint density at radius 1 is 1.48 bits per heavy atom. The molecular weight excluding hydrogens is 266 g/mol. The number of nitrogens with one attached hydrogen (secondary N) is 2. The maximum Gasteiger partial charge on any atom is 0.241 e. The van der Waals surface area contributed by atoms with Crippen molar-refractivity contribution >= 4 is 11.6 Å². The maximum absolute atomic E-state index is 11.7. The molecule has 2 N–H and O–H groups in total. The van der Waals surface area contributed by atoms with Gasteiger partial charge in [0.05, 0.1) is 18.4 Å². The molecule has 0 atom stereocenters. The van der Waals surface area contributed by atoms with Crippen LogP contribution in [0.5, 0.6) is 0 Å². The molecule has 3 rings (SSSR count). The summed E-state index contributed by atoms with van der Waals surface area (Å²) in [7, 11) is 0. The topological polar surface area (TPSA) is 63.9 Å². The van der Waals surface area contributed by atoms with Crippen molar-refractivity contribution in [2.75, 3.05) is 5.32 Å². The fourth-order valence-electron chi connectivity index (χ4n) is 2.30. The van der Waals surface area contributed by atoms with E-state index in [1.165, 1.54) is 5.69 Å². The Labute approximate surface area is 124 Å². The van der Waals surface area contributed by atoms with Crippen molar-refractivity contribution in [2.24, 2.45) is 0 Å². The molecule has 21 heavy (non-hydrogen) atoms. The van der Waals surface area contributed by atoms with Crippen molar-refractivity contribution in [2.45, 2.75) is 45.4 Å². The molecule has 1 saturated carbocycles. The lowest BCUT2D eigenvalue weighted by molar-refractivity contribution is -0.122. The first-order valence-electron chi connectivity index (χ1n) is 7.44. The third-order valence-electron chi connectivity index (χ3n) is 3.62. The molecule has 112 valence electrons. The van der Waals surface area contributed by atoms with Crippen LogP contribution in [0.4, 0.5) is 5.69 Å². The second-order valence-electron chi connectivity index (χ2n) is 5.41. The summed E-state index contributed by atoms with van der Waals surface area (Å²) in [5.41, 5.74) is 2.16. The predicted octanol–water partition coefficient (Wildman–Crippen LogP) is 1.60. The van der Waals surface area contributed by atoms with Gasteiger partial charge in [-0.25, -0.2) is 0 Å². The number of aryl methyl sites for hydroxylation is 1. The van der Waals surface area contributed by atoms with Crippen LogP contribution in [0, 0.1) is 0 Å². The van der Waals surface area contributed by atoms with Gasteiger partial charge in [-0.1, -0.05) is 0 Å². The van der Waals surface area contributed by atoms with Crippen molar-refractivity contribution < 1.29 is 4.79 Å². The lowest BCUT2D eigenvalue weighted by Crippen LogP contribution is -2.29. The Hall–Kier alpha value is -2.24. The summed E-state index contributed by atoms with van der Waals surface area (Å²) in [5, 5.41) is 10.5. The first-order valence-corrected chi connectivity index (χ1v) is 7.44. The van der Waals surface area contributed by atoms with Crippen molar-refractivity contribution in [3.8, 4) is 0 Å². The Morgan fingerprint density at radius 2 is 2.33 bits per heavy atom.